The maximum atomic E-state index is 10.9. The van der Waals surface area contributed by atoms with Crippen LogP contribution in [0, 0.1) is 6.92 Å². The standard InChI is InChI=1S/C7H8O4S/c1-3-4(8)5(9)6(12-3)7(10)11-2/h8-9H,1-2H3. The Morgan fingerprint density at radius 3 is 2.33 bits per heavy atom. The molecule has 0 atom stereocenters. The van der Waals surface area contributed by atoms with Crippen molar-refractivity contribution >= 4 is 17.3 Å². The molecule has 0 saturated carbocycles. The first-order chi connectivity index (χ1) is 5.57. The molecule has 1 rings (SSSR count). The summed E-state index contributed by atoms with van der Waals surface area (Å²) in [6.07, 6.45) is 0. The van der Waals surface area contributed by atoms with Gasteiger partial charge in [-0.1, -0.05) is 0 Å². The number of hydrogen-bond acceptors (Lipinski definition) is 5. The molecule has 0 fully saturated rings. The van der Waals surface area contributed by atoms with E-state index in [0.29, 0.717) is 4.88 Å². The van der Waals surface area contributed by atoms with Crippen LogP contribution in [-0.4, -0.2) is 23.3 Å². The SMILES string of the molecule is COC(=O)c1sc(C)c(O)c1O. The Balaban J connectivity index is 3.17. The van der Waals surface area contributed by atoms with Crippen molar-refractivity contribution in [2.45, 2.75) is 6.92 Å². The Labute approximate surface area is 73.0 Å². The Morgan fingerprint density at radius 1 is 1.42 bits per heavy atom. The maximum absolute atomic E-state index is 10.9. The summed E-state index contributed by atoms with van der Waals surface area (Å²) in [5.41, 5.74) is 0. The zero-order chi connectivity index (χ0) is 9.30. The van der Waals surface area contributed by atoms with Crippen LogP contribution in [0.4, 0.5) is 0 Å². The van der Waals surface area contributed by atoms with Crippen molar-refractivity contribution in [3.63, 3.8) is 0 Å². The molecule has 66 valence electrons. The van der Waals surface area contributed by atoms with E-state index in [1.54, 1.807) is 6.92 Å². The molecular formula is C7H8O4S. The van der Waals surface area contributed by atoms with Gasteiger partial charge >= 0.3 is 5.97 Å². The molecule has 1 aromatic rings. The molecule has 0 aromatic carbocycles. The van der Waals surface area contributed by atoms with E-state index in [2.05, 4.69) is 4.74 Å². The van der Waals surface area contributed by atoms with Gasteiger partial charge in [0.1, 0.15) is 0 Å². The highest BCUT2D eigenvalue weighted by molar-refractivity contribution is 7.14. The van der Waals surface area contributed by atoms with E-state index in [1.807, 2.05) is 0 Å². The minimum Gasteiger partial charge on any atom is -0.503 e. The Hall–Kier alpha value is -1.23. The Bertz CT molecular complexity index is 315. The van der Waals surface area contributed by atoms with Gasteiger partial charge in [0.2, 0.25) is 0 Å². The van der Waals surface area contributed by atoms with Gasteiger partial charge in [-0.3, -0.25) is 0 Å². The summed E-state index contributed by atoms with van der Waals surface area (Å²) in [7, 11) is 1.22. The number of rotatable bonds is 1. The third-order valence-electron chi connectivity index (χ3n) is 1.40. The first-order valence-corrected chi connectivity index (χ1v) is 3.99. The number of carbonyl (C=O) groups excluding carboxylic acids is 1. The average Bonchev–Trinajstić information content (AvgIpc) is 2.32. The minimum atomic E-state index is -0.638. The normalized spacial score (nSPS) is 9.83. The van der Waals surface area contributed by atoms with Crippen molar-refractivity contribution in [2.75, 3.05) is 7.11 Å². The molecule has 0 saturated heterocycles. The van der Waals surface area contributed by atoms with Gasteiger partial charge < -0.3 is 14.9 Å². The topological polar surface area (TPSA) is 66.8 Å². The number of aromatic hydroxyl groups is 2. The second-order valence-electron chi connectivity index (χ2n) is 2.18. The molecule has 0 bridgehead atoms. The van der Waals surface area contributed by atoms with Gasteiger partial charge in [0.15, 0.2) is 16.4 Å². The van der Waals surface area contributed by atoms with Gasteiger partial charge in [0.05, 0.1) is 7.11 Å². The summed E-state index contributed by atoms with van der Waals surface area (Å²) in [5, 5.41) is 18.3. The molecule has 5 heteroatoms. The van der Waals surface area contributed by atoms with Crippen LogP contribution in [0.1, 0.15) is 14.5 Å². The summed E-state index contributed by atoms with van der Waals surface area (Å²) < 4.78 is 4.39. The van der Waals surface area contributed by atoms with Crippen LogP contribution in [0.15, 0.2) is 0 Å². The van der Waals surface area contributed by atoms with Crippen molar-refractivity contribution in [3.8, 4) is 11.5 Å². The first-order valence-electron chi connectivity index (χ1n) is 3.17. The zero-order valence-corrected chi connectivity index (χ0v) is 7.44. The van der Waals surface area contributed by atoms with Crippen molar-refractivity contribution in [1.29, 1.82) is 0 Å². The first kappa shape index (κ1) is 8.86. The molecule has 0 amide bonds. The van der Waals surface area contributed by atoms with Crippen LogP contribution < -0.4 is 0 Å². The number of aryl methyl sites for hydroxylation is 1. The van der Waals surface area contributed by atoms with E-state index in [4.69, 9.17) is 5.11 Å². The van der Waals surface area contributed by atoms with Gasteiger partial charge in [-0.2, -0.15) is 0 Å². The average molecular weight is 188 g/mol. The van der Waals surface area contributed by atoms with Crippen LogP contribution in [-0.2, 0) is 4.74 Å². The van der Waals surface area contributed by atoms with Crippen LogP contribution in [0.5, 0.6) is 11.5 Å². The molecule has 0 aliphatic heterocycles. The summed E-state index contributed by atoms with van der Waals surface area (Å²) in [5.74, 6) is -1.29. The van der Waals surface area contributed by atoms with Crippen molar-refractivity contribution in [2.24, 2.45) is 0 Å². The quantitative estimate of drug-likeness (QED) is 0.651. The predicted molar refractivity (Wildman–Crippen MR) is 43.7 cm³/mol. The van der Waals surface area contributed by atoms with E-state index in [1.165, 1.54) is 7.11 Å². The molecule has 0 aliphatic carbocycles. The molecule has 0 aliphatic rings. The van der Waals surface area contributed by atoms with E-state index in [-0.39, 0.29) is 10.6 Å². The fourth-order valence-electron chi connectivity index (χ4n) is 0.755. The zero-order valence-electron chi connectivity index (χ0n) is 6.62. The van der Waals surface area contributed by atoms with Crippen molar-refractivity contribution in [3.05, 3.63) is 9.75 Å². The van der Waals surface area contributed by atoms with Crippen LogP contribution in [0.2, 0.25) is 0 Å². The number of carbonyl (C=O) groups is 1. The van der Waals surface area contributed by atoms with E-state index >= 15 is 0 Å². The largest absolute Gasteiger partial charge is 0.503 e. The van der Waals surface area contributed by atoms with E-state index < -0.39 is 11.7 Å². The second-order valence-corrected chi connectivity index (χ2v) is 3.40. The van der Waals surface area contributed by atoms with Crippen LogP contribution >= 0.6 is 11.3 Å². The van der Waals surface area contributed by atoms with E-state index in [0.717, 1.165) is 11.3 Å². The molecule has 0 unspecified atom stereocenters. The number of esters is 1. The van der Waals surface area contributed by atoms with Gasteiger partial charge in [-0.25, -0.2) is 4.79 Å². The number of ether oxygens (including phenoxy) is 1. The van der Waals surface area contributed by atoms with Gasteiger partial charge in [-0.05, 0) is 6.92 Å². The highest BCUT2D eigenvalue weighted by Gasteiger charge is 2.20. The fourth-order valence-corrected chi connectivity index (χ4v) is 1.61. The second kappa shape index (κ2) is 3.02. The lowest BCUT2D eigenvalue weighted by Gasteiger charge is -1.94. The lowest BCUT2D eigenvalue weighted by atomic mass is 10.3. The Morgan fingerprint density at radius 2 is 2.00 bits per heavy atom. The third-order valence-corrected chi connectivity index (χ3v) is 2.46. The Kier molecular flexibility index (Phi) is 2.23. The minimum absolute atomic E-state index is 0.0347. The summed E-state index contributed by atoms with van der Waals surface area (Å²) in [4.78, 5) is 11.4. The summed E-state index contributed by atoms with van der Waals surface area (Å²) in [6, 6.07) is 0. The molecule has 4 nitrogen and oxygen atoms in total. The number of thiophene rings is 1. The molecule has 12 heavy (non-hydrogen) atoms. The van der Waals surface area contributed by atoms with Crippen molar-refractivity contribution < 1.29 is 19.7 Å². The lowest BCUT2D eigenvalue weighted by Crippen LogP contribution is -1.97. The van der Waals surface area contributed by atoms with Gasteiger partial charge in [0.25, 0.3) is 0 Å². The number of methoxy groups -OCH3 is 1. The van der Waals surface area contributed by atoms with Gasteiger partial charge in [-0.15, -0.1) is 11.3 Å². The highest BCUT2D eigenvalue weighted by atomic mass is 32.1. The summed E-state index contributed by atoms with van der Waals surface area (Å²) in [6.45, 7) is 1.60. The van der Waals surface area contributed by atoms with Crippen LogP contribution in [0.25, 0.3) is 0 Å². The highest BCUT2D eigenvalue weighted by Crippen LogP contribution is 2.39. The van der Waals surface area contributed by atoms with Crippen molar-refractivity contribution in [1.82, 2.24) is 0 Å². The van der Waals surface area contributed by atoms with Gasteiger partial charge in [0, 0.05) is 4.88 Å². The predicted octanol–water partition coefficient (Wildman–Crippen LogP) is 1.25. The van der Waals surface area contributed by atoms with Crippen LogP contribution in [0.3, 0.4) is 0 Å². The monoisotopic (exact) mass is 188 g/mol. The fraction of sp³-hybridized carbons (Fsp3) is 0.286. The van der Waals surface area contributed by atoms with E-state index in [9.17, 15) is 9.90 Å². The molecular weight excluding hydrogens is 180 g/mol. The summed E-state index contributed by atoms with van der Waals surface area (Å²) >= 11 is 0.999. The molecule has 0 radical (unpaired) electrons. The molecule has 1 aromatic heterocycles. The molecule has 0 spiro atoms. The molecule has 1 heterocycles. The third kappa shape index (κ3) is 1.23. The number of hydrogen-bond donors (Lipinski definition) is 2. The maximum Gasteiger partial charge on any atom is 0.352 e. The lowest BCUT2D eigenvalue weighted by molar-refractivity contribution is 0.0603. The molecule has 2 N–H and O–H groups in total. The smallest absolute Gasteiger partial charge is 0.352 e.